The van der Waals surface area contributed by atoms with Crippen molar-refractivity contribution in [3.8, 4) is 11.5 Å². The third-order valence-electron chi connectivity index (χ3n) is 4.21. The highest BCUT2D eigenvalue weighted by Crippen LogP contribution is 2.36. The molecule has 0 saturated carbocycles. The van der Waals surface area contributed by atoms with Crippen molar-refractivity contribution in [2.75, 3.05) is 18.7 Å². The molecule has 3 rings (SSSR count). The number of aromatic hydroxyl groups is 1. The minimum Gasteiger partial charge on any atom is -0.504 e. The molecule has 1 aliphatic rings. The van der Waals surface area contributed by atoms with Crippen LogP contribution in [-0.2, 0) is 4.79 Å². The van der Waals surface area contributed by atoms with Crippen molar-refractivity contribution in [2.24, 2.45) is 4.99 Å². The number of phenols is 1. The molecule has 2 aromatic rings. The highest BCUT2D eigenvalue weighted by Gasteiger charge is 2.29. The minimum absolute atomic E-state index is 0.0419. The van der Waals surface area contributed by atoms with Gasteiger partial charge in [-0.15, -0.1) is 0 Å². The van der Waals surface area contributed by atoms with E-state index < -0.39 is 6.04 Å². The average Bonchev–Trinajstić information content (AvgIpc) is 2.68. The molecule has 0 fully saturated rings. The number of anilines is 1. The third kappa shape index (κ3) is 4.09. The fourth-order valence-electron chi connectivity index (χ4n) is 2.87. The zero-order valence-corrected chi connectivity index (χ0v) is 16.1. The predicted molar refractivity (Wildman–Crippen MR) is 109 cm³/mol. The van der Waals surface area contributed by atoms with Gasteiger partial charge in [-0.1, -0.05) is 36.0 Å². The molecule has 0 radical (unpaired) electrons. The van der Waals surface area contributed by atoms with Crippen LogP contribution in [0, 0.1) is 0 Å². The SMILES string of the molecule is COc1cc([C@H]2N=C(SC)NC(C)=C2C(=O)Nc2ccccc2)ccc1O. The van der Waals surface area contributed by atoms with Crippen LogP contribution in [0.5, 0.6) is 11.5 Å². The summed E-state index contributed by atoms with van der Waals surface area (Å²) in [6.45, 7) is 1.86. The zero-order valence-electron chi connectivity index (χ0n) is 15.3. The highest BCUT2D eigenvalue weighted by molar-refractivity contribution is 8.13. The zero-order chi connectivity index (χ0) is 19.4. The molecule has 140 valence electrons. The van der Waals surface area contributed by atoms with Crippen LogP contribution in [-0.4, -0.2) is 29.5 Å². The van der Waals surface area contributed by atoms with Gasteiger partial charge < -0.3 is 20.5 Å². The van der Waals surface area contributed by atoms with E-state index in [0.717, 1.165) is 16.4 Å². The van der Waals surface area contributed by atoms with Crippen LogP contribution in [0.1, 0.15) is 18.5 Å². The van der Waals surface area contributed by atoms with Gasteiger partial charge in [0.05, 0.1) is 12.7 Å². The standard InChI is InChI=1S/C20H21N3O3S/c1-12-17(19(25)22-14-7-5-4-6-8-14)18(23-20(21-12)27-3)13-9-10-15(24)16(11-13)26-2/h4-11,18,24H,1-3H3,(H,21,23)(H,22,25)/t18-/m1/s1. The Balaban J connectivity index is 2.00. The summed E-state index contributed by atoms with van der Waals surface area (Å²) in [5.74, 6) is 0.153. The third-order valence-corrected chi connectivity index (χ3v) is 4.80. The van der Waals surface area contributed by atoms with Gasteiger partial charge in [0.25, 0.3) is 5.91 Å². The number of para-hydroxylation sites is 1. The number of aliphatic imine (C=N–C) groups is 1. The Kier molecular flexibility index (Phi) is 5.71. The number of nitrogens with one attached hydrogen (secondary N) is 2. The van der Waals surface area contributed by atoms with Crippen molar-refractivity contribution in [3.05, 3.63) is 65.4 Å². The molecule has 1 atom stereocenters. The normalized spacial score (nSPS) is 16.4. The van der Waals surface area contributed by atoms with Crippen LogP contribution in [0.3, 0.4) is 0 Å². The molecule has 0 aliphatic carbocycles. The predicted octanol–water partition coefficient (Wildman–Crippen LogP) is 3.68. The Labute approximate surface area is 162 Å². The van der Waals surface area contributed by atoms with E-state index in [9.17, 15) is 9.90 Å². The lowest BCUT2D eigenvalue weighted by Crippen LogP contribution is -2.31. The van der Waals surface area contributed by atoms with Crippen LogP contribution >= 0.6 is 11.8 Å². The number of carbonyl (C=O) groups is 1. The highest BCUT2D eigenvalue weighted by atomic mass is 32.2. The number of rotatable bonds is 4. The van der Waals surface area contributed by atoms with Gasteiger partial charge in [0.1, 0.15) is 6.04 Å². The molecule has 6 nitrogen and oxygen atoms in total. The summed E-state index contributed by atoms with van der Waals surface area (Å²) in [5.41, 5.74) is 2.73. The Morgan fingerprint density at radius 3 is 2.67 bits per heavy atom. The number of allylic oxidation sites excluding steroid dienone is 1. The second-order valence-electron chi connectivity index (χ2n) is 5.96. The van der Waals surface area contributed by atoms with Gasteiger partial charge >= 0.3 is 0 Å². The first kappa shape index (κ1) is 18.8. The van der Waals surface area contributed by atoms with Gasteiger partial charge in [0.15, 0.2) is 16.7 Å². The van der Waals surface area contributed by atoms with Crippen LogP contribution < -0.4 is 15.4 Å². The van der Waals surface area contributed by atoms with E-state index in [2.05, 4.69) is 15.6 Å². The molecule has 2 aromatic carbocycles. The van der Waals surface area contributed by atoms with E-state index in [1.165, 1.54) is 18.9 Å². The number of benzene rings is 2. The summed E-state index contributed by atoms with van der Waals surface area (Å²) in [6.07, 6.45) is 1.92. The van der Waals surface area contributed by atoms with Crippen molar-refractivity contribution in [3.63, 3.8) is 0 Å². The number of carbonyl (C=O) groups excluding carboxylic acids is 1. The van der Waals surface area contributed by atoms with E-state index >= 15 is 0 Å². The van der Waals surface area contributed by atoms with Gasteiger partial charge in [-0.2, -0.15) is 0 Å². The summed E-state index contributed by atoms with van der Waals surface area (Å²) in [7, 11) is 1.49. The summed E-state index contributed by atoms with van der Waals surface area (Å²) >= 11 is 1.47. The van der Waals surface area contributed by atoms with Crippen LogP contribution in [0.25, 0.3) is 0 Å². The van der Waals surface area contributed by atoms with Gasteiger partial charge in [0, 0.05) is 11.4 Å². The average molecular weight is 383 g/mol. The summed E-state index contributed by atoms with van der Waals surface area (Å²) in [6, 6.07) is 13.8. The minimum atomic E-state index is -0.507. The molecule has 0 aromatic heterocycles. The maximum atomic E-state index is 13.0. The number of thioether (sulfide) groups is 1. The molecule has 0 saturated heterocycles. The molecule has 0 bridgehead atoms. The Morgan fingerprint density at radius 1 is 1.26 bits per heavy atom. The summed E-state index contributed by atoms with van der Waals surface area (Å²) < 4.78 is 5.21. The van der Waals surface area contributed by atoms with E-state index in [1.54, 1.807) is 18.2 Å². The van der Waals surface area contributed by atoms with Crippen molar-refractivity contribution in [1.29, 1.82) is 0 Å². The fourth-order valence-corrected chi connectivity index (χ4v) is 3.34. The summed E-state index contributed by atoms with van der Waals surface area (Å²) in [4.78, 5) is 17.7. The molecular formula is C20H21N3O3S. The quantitative estimate of drug-likeness (QED) is 0.750. The van der Waals surface area contributed by atoms with Crippen molar-refractivity contribution in [1.82, 2.24) is 5.32 Å². The Hall–Kier alpha value is -2.93. The molecule has 1 aliphatic heterocycles. The van der Waals surface area contributed by atoms with Crippen molar-refractivity contribution < 1.29 is 14.6 Å². The van der Waals surface area contributed by atoms with E-state index in [1.807, 2.05) is 43.5 Å². The number of hydrogen-bond acceptors (Lipinski definition) is 6. The maximum Gasteiger partial charge on any atom is 0.255 e. The second-order valence-corrected chi connectivity index (χ2v) is 6.75. The van der Waals surface area contributed by atoms with Crippen LogP contribution in [0.2, 0.25) is 0 Å². The molecule has 3 N–H and O–H groups in total. The van der Waals surface area contributed by atoms with Crippen molar-refractivity contribution >= 4 is 28.5 Å². The first-order valence-corrected chi connectivity index (χ1v) is 9.59. The molecule has 1 heterocycles. The summed E-state index contributed by atoms with van der Waals surface area (Å²) in [5, 5.41) is 16.7. The van der Waals surface area contributed by atoms with Crippen molar-refractivity contribution in [2.45, 2.75) is 13.0 Å². The molecule has 0 spiro atoms. The number of amidine groups is 1. The number of amides is 1. The monoisotopic (exact) mass is 383 g/mol. The number of ether oxygens (including phenoxy) is 1. The lowest BCUT2D eigenvalue weighted by molar-refractivity contribution is -0.113. The van der Waals surface area contributed by atoms with Gasteiger partial charge in [0.2, 0.25) is 0 Å². The Bertz CT molecular complexity index is 910. The first-order valence-electron chi connectivity index (χ1n) is 8.36. The molecule has 7 heteroatoms. The van der Waals surface area contributed by atoms with E-state index in [4.69, 9.17) is 4.74 Å². The van der Waals surface area contributed by atoms with Gasteiger partial charge in [-0.25, -0.2) is 4.99 Å². The fraction of sp³-hybridized carbons (Fsp3) is 0.200. The number of methoxy groups -OCH3 is 1. The number of hydrogen-bond donors (Lipinski definition) is 3. The number of nitrogens with zero attached hydrogens (tertiary/aromatic N) is 1. The molecular weight excluding hydrogens is 362 g/mol. The van der Waals surface area contributed by atoms with Gasteiger partial charge in [-0.3, -0.25) is 4.79 Å². The van der Waals surface area contributed by atoms with E-state index in [-0.39, 0.29) is 11.7 Å². The van der Waals surface area contributed by atoms with Crippen LogP contribution in [0.4, 0.5) is 5.69 Å². The molecule has 1 amide bonds. The van der Waals surface area contributed by atoms with Gasteiger partial charge in [-0.05, 0) is 43.0 Å². The lowest BCUT2D eigenvalue weighted by Gasteiger charge is -2.26. The first-order chi connectivity index (χ1) is 13.0. The number of phenolic OH excluding ortho intramolecular Hbond substituents is 1. The topological polar surface area (TPSA) is 83.0 Å². The maximum absolute atomic E-state index is 13.0. The van der Waals surface area contributed by atoms with E-state index in [0.29, 0.717) is 17.0 Å². The molecule has 27 heavy (non-hydrogen) atoms. The molecule has 0 unspecified atom stereocenters. The largest absolute Gasteiger partial charge is 0.504 e. The smallest absolute Gasteiger partial charge is 0.255 e. The lowest BCUT2D eigenvalue weighted by atomic mass is 9.95. The Morgan fingerprint density at radius 2 is 2.00 bits per heavy atom. The second kappa shape index (κ2) is 8.18. The van der Waals surface area contributed by atoms with Crippen LogP contribution in [0.15, 0.2) is 64.8 Å².